The Morgan fingerprint density at radius 2 is 0.733 bits per heavy atom. The second-order valence-corrected chi connectivity index (χ2v) is 3.03. The normalized spacial score (nSPS) is 6.80. The highest BCUT2D eigenvalue weighted by Gasteiger charge is 1.79. The minimum Gasteiger partial charge on any atom is -0.395 e. The average molecular weight is 558 g/mol. The molecule has 0 bridgehead atoms. The van der Waals surface area contributed by atoms with Gasteiger partial charge >= 0.3 is 17.9 Å². The van der Waals surface area contributed by atoms with Gasteiger partial charge in [0.05, 0.1) is 0 Å². The summed E-state index contributed by atoms with van der Waals surface area (Å²) in [5.41, 5.74) is 0. The van der Waals surface area contributed by atoms with Crippen molar-refractivity contribution in [3.8, 4) is 0 Å². The summed E-state index contributed by atoms with van der Waals surface area (Å²) in [6.07, 6.45) is 0. The van der Waals surface area contributed by atoms with Crippen LogP contribution in [0.1, 0.15) is 20.8 Å². The van der Waals surface area contributed by atoms with Crippen LogP contribution in [0.5, 0.6) is 0 Å². The monoisotopic (exact) mass is 558 g/mol. The summed E-state index contributed by atoms with van der Waals surface area (Å²) in [4.78, 5) is 28.7. The zero-order valence-corrected chi connectivity index (χ0v) is 14.6. The summed E-state index contributed by atoms with van der Waals surface area (Å²) in [5.74, 6) is -0.776. The van der Waals surface area contributed by atoms with Gasteiger partial charge in [-0.05, 0) is 0 Å². The Bertz CT molecular complexity index is 162. The fourth-order valence-corrected chi connectivity index (χ4v) is 0. The van der Waals surface area contributed by atoms with Gasteiger partial charge in [-0.1, -0.05) is 0 Å². The quantitative estimate of drug-likeness (QED) is 0.426. The molecule has 0 aliphatic rings. The molecule has 0 rings (SSSR count). The molecule has 0 aliphatic heterocycles. The van der Waals surface area contributed by atoms with Crippen molar-refractivity contribution in [2.24, 2.45) is 0 Å². The van der Waals surface area contributed by atoms with E-state index in [1.807, 2.05) is 0 Å². The van der Waals surface area contributed by atoms with E-state index in [0.29, 0.717) is 0 Å². The summed E-state index contributed by atoms with van der Waals surface area (Å²) < 4.78 is 12.2. The maximum absolute atomic E-state index is 9.58. The zero-order chi connectivity index (χ0) is 12.9. The highest BCUT2D eigenvalue weighted by Crippen LogP contribution is 1.82. The lowest BCUT2D eigenvalue weighted by atomic mass is 10.9. The van der Waals surface area contributed by atoms with Gasteiger partial charge in [0.15, 0.2) is 69.0 Å². The lowest BCUT2D eigenvalue weighted by Gasteiger charge is -1.76. The van der Waals surface area contributed by atoms with Gasteiger partial charge in [0, 0.05) is 20.8 Å². The SMILES string of the molecule is CC(=O)OI.CC(=O)OI.CC(=O)OI. The predicted molar refractivity (Wildman–Crippen MR) is 77.4 cm³/mol. The van der Waals surface area contributed by atoms with Crippen molar-refractivity contribution in [1.82, 2.24) is 0 Å². The van der Waals surface area contributed by atoms with Crippen LogP contribution < -0.4 is 0 Å². The van der Waals surface area contributed by atoms with Crippen molar-refractivity contribution in [2.45, 2.75) is 20.8 Å². The average Bonchev–Trinajstić information content (AvgIpc) is 2.19. The first-order valence-electron chi connectivity index (χ1n) is 3.19. The molecule has 0 aromatic carbocycles. The Hall–Kier alpha value is 0.600. The molecule has 0 fully saturated rings. The molecule has 0 unspecified atom stereocenters. The summed E-state index contributed by atoms with van der Waals surface area (Å²) in [6, 6.07) is 0. The maximum atomic E-state index is 9.58. The van der Waals surface area contributed by atoms with Gasteiger partial charge in [-0.25, -0.2) is 0 Å². The summed E-state index contributed by atoms with van der Waals surface area (Å²) in [7, 11) is 0. The van der Waals surface area contributed by atoms with Crippen LogP contribution in [0.15, 0.2) is 0 Å². The molecule has 90 valence electrons. The van der Waals surface area contributed by atoms with Crippen molar-refractivity contribution in [2.75, 3.05) is 0 Å². The van der Waals surface area contributed by atoms with Gasteiger partial charge < -0.3 is 9.20 Å². The number of carbonyl (C=O) groups excluding carboxylic acids is 3. The lowest BCUT2D eigenvalue weighted by Crippen LogP contribution is -1.81. The molecule has 0 radical (unpaired) electrons. The van der Waals surface area contributed by atoms with Gasteiger partial charge in [-0.3, -0.25) is 14.4 Å². The first-order valence-corrected chi connectivity index (χ1v) is 5.83. The highest BCUT2D eigenvalue weighted by atomic mass is 127. The lowest BCUT2D eigenvalue weighted by molar-refractivity contribution is -0.129. The topological polar surface area (TPSA) is 78.9 Å². The van der Waals surface area contributed by atoms with Crippen molar-refractivity contribution < 1.29 is 23.6 Å². The first kappa shape index (κ1) is 20.9. The predicted octanol–water partition coefficient (Wildman–Crippen LogP) is 2.70. The molecule has 0 atom stereocenters. The Morgan fingerprint density at radius 3 is 0.733 bits per heavy atom. The molecule has 0 spiro atoms. The van der Waals surface area contributed by atoms with Crippen LogP contribution in [0.4, 0.5) is 0 Å². The molecule has 0 aromatic rings. The number of hydrogen-bond donors (Lipinski definition) is 0. The fraction of sp³-hybridized carbons (Fsp3) is 0.500. The summed E-state index contributed by atoms with van der Waals surface area (Å²) in [6.45, 7) is 4.06. The van der Waals surface area contributed by atoms with E-state index in [4.69, 9.17) is 0 Å². The van der Waals surface area contributed by atoms with E-state index in [9.17, 15) is 14.4 Å². The number of halogens is 3. The molecule has 0 saturated heterocycles. The Kier molecular flexibility index (Phi) is 23.8. The summed E-state index contributed by atoms with van der Waals surface area (Å²) in [5, 5.41) is 0. The Labute approximate surface area is 130 Å². The molecule has 0 saturated carbocycles. The number of hydrogen-bond acceptors (Lipinski definition) is 6. The van der Waals surface area contributed by atoms with Crippen LogP contribution in [0, 0.1) is 0 Å². The van der Waals surface area contributed by atoms with E-state index in [0.717, 1.165) is 0 Å². The third-order valence-corrected chi connectivity index (χ3v) is 2.19. The molecule has 0 aromatic heterocycles. The minimum absolute atomic E-state index is 0.259. The molecule has 0 aliphatic carbocycles. The first-order chi connectivity index (χ1) is 6.81. The smallest absolute Gasteiger partial charge is 0.312 e. The third kappa shape index (κ3) is 53.2. The zero-order valence-electron chi connectivity index (χ0n) is 8.08. The van der Waals surface area contributed by atoms with Crippen LogP contribution in [-0.2, 0) is 23.6 Å². The van der Waals surface area contributed by atoms with Gasteiger partial charge in [-0.2, -0.15) is 0 Å². The van der Waals surface area contributed by atoms with Gasteiger partial charge in [0.25, 0.3) is 0 Å². The van der Waals surface area contributed by atoms with Gasteiger partial charge in [0.2, 0.25) is 0 Å². The third-order valence-electron chi connectivity index (χ3n) is 0.326. The van der Waals surface area contributed by atoms with Crippen molar-refractivity contribution in [3.05, 3.63) is 0 Å². The van der Waals surface area contributed by atoms with E-state index >= 15 is 0 Å². The van der Waals surface area contributed by atoms with Crippen LogP contribution >= 0.6 is 69.0 Å². The van der Waals surface area contributed by atoms with Gasteiger partial charge in [0.1, 0.15) is 0 Å². The highest BCUT2D eigenvalue weighted by molar-refractivity contribution is 14.1. The Morgan fingerprint density at radius 1 is 0.667 bits per heavy atom. The fourth-order valence-electron chi connectivity index (χ4n) is 0. The van der Waals surface area contributed by atoms with E-state index in [1.165, 1.54) is 89.8 Å². The summed E-state index contributed by atoms with van der Waals surface area (Å²) >= 11 is 4.58. The number of carbonyl (C=O) groups is 3. The maximum Gasteiger partial charge on any atom is 0.312 e. The second kappa shape index (κ2) is 17.0. The molecule has 0 heterocycles. The van der Waals surface area contributed by atoms with Crippen molar-refractivity contribution in [3.63, 3.8) is 0 Å². The van der Waals surface area contributed by atoms with E-state index in [1.54, 1.807) is 0 Å². The number of rotatable bonds is 0. The molecule has 15 heavy (non-hydrogen) atoms. The van der Waals surface area contributed by atoms with Crippen molar-refractivity contribution >= 4 is 86.9 Å². The van der Waals surface area contributed by atoms with Gasteiger partial charge in [-0.15, -0.1) is 0 Å². The minimum atomic E-state index is -0.259. The molecule has 0 amide bonds. The molecule has 6 nitrogen and oxygen atoms in total. The standard InChI is InChI=1S/3C2H3IO2/c3*1-2(4)5-3/h3*1H3. The largest absolute Gasteiger partial charge is 0.395 e. The molecular weight excluding hydrogens is 549 g/mol. The van der Waals surface area contributed by atoms with E-state index in [-0.39, 0.29) is 17.9 Å². The Balaban J connectivity index is -0.000000144. The molecule has 0 N–H and O–H groups in total. The van der Waals surface area contributed by atoms with Crippen LogP contribution in [0.25, 0.3) is 0 Å². The molecular formula is C6H9I3O6. The molecule has 9 heteroatoms. The van der Waals surface area contributed by atoms with E-state index < -0.39 is 0 Å². The van der Waals surface area contributed by atoms with Crippen LogP contribution in [0.3, 0.4) is 0 Å². The van der Waals surface area contributed by atoms with Crippen LogP contribution in [-0.4, -0.2) is 17.9 Å². The van der Waals surface area contributed by atoms with Crippen molar-refractivity contribution in [1.29, 1.82) is 0 Å². The second-order valence-electron chi connectivity index (χ2n) is 1.71. The van der Waals surface area contributed by atoms with Crippen LogP contribution in [0.2, 0.25) is 0 Å². The van der Waals surface area contributed by atoms with E-state index in [2.05, 4.69) is 9.20 Å².